The summed E-state index contributed by atoms with van der Waals surface area (Å²) >= 11 is 0. The van der Waals surface area contributed by atoms with Crippen LogP contribution in [0.1, 0.15) is 36.8 Å². The number of likely N-dealkylation sites (tertiary alicyclic amines) is 1. The van der Waals surface area contributed by atoms with Crippen LogP contribution in [0.3, 0.4) is 0 Å². The molecule has 0 spiro atoms. The van der Waals surface area contributed by atoms with E-state index in [0.717, 1.165) is 30.4 Å². The van der Waals surface area contributed by atoms with Crippen LogP contribution in [0, 0.1) is 17.2 Å². The topological polar surface area (TPSA) is 83.0 Å². The Balaban J connectivity index is 1.92. The number of fused-ring (bicyclic) bond motifs is 1. The number of primary amides is 1. The van der Waals surface area contributed by atoms with Crippen molar-refractivity contribution in [3.8, 4) is 6.07 Å². The molecule has 1 aromatic carbocycles. The van der Waals surface area contributed by atoms with Gasteiger partial charge in [-0.3, -0.25) is 9.78 Å². The van der Waals surface area contributed by atoms with Gasteiger partial charge in [0.2, 0.25) is 5.91 Å². The van der Waals surface area contributed by atoms with E-state index in [1.807, 2.05) is 18.2 Å². The molecule has 5 heteroatoms. The normalized spacial score (nSPS) is 21.5. The number of aromatic nitrogens is 1. The van der Waals surface area contributed by atoms with Crippen molar-refractivity contribution in [1.29, 1.82) is 5.26 Å². The molecular formula is C19H22N4O. The summed E-state index contributed by atoms with van der Waals surface area (Å²) in [6.07, 6.45) is 3.23. The lowest BCUT2D eigenvalue weighted by atomic mass is 9.83. The highest BCUT2D eigenvalue weighted by atomic mass is 16.1. The molecule has 1 aliphatic rings. The quantitative estimate of drug-likeness (QED) is 0.937. The number of pyridine rings is 1. The largest absolute Gasteiger partial charge is 0.370 e. The smallest absolute Gasteiger partial charge is 0.218 e. The maximum absolute atomic E-state index is 11.1. The molecule has 0 saturated carbocycles. The molecule has 1 saturated heterocycles. The maximum Gasteiger partial charge on any atom is 0.218 e. The number of nitriles is 1. The first-order chi connectivity index (χ1) is 11.6. The van der Waals surface area contributed by atoms with Crippen molar-refractivity contribution in [3.63, 3.8) is 0 Å². The second kappa shape index (κ2) is 6.98. The molecule has 0 bridgehead atoms. The first-order valence-electron chi connectivity index (χ1n) is 8.37. The average molecular weight is 322 g/mol. The molecule has 1 aliphatic heterocycles. The lowest BCUT2D eigenvalue weighted by Crippen LogP contribution is -2.40. The third-order valence-corrected chi connectivity index (χ3v) is 4.77. The van der Waals surface area contributed by atoms with Crippen molar-refractivity contribution in [2.45, 2.75) is 25.7 Å². The number of hydrogen-bond donors (Lipinski definition) is 1. The van der Waals surface area contributed by atoms with Crippen LogP contribution in [-0.4, -0.2) is 35.4 Å². The van der Waals surface area contributed by atoms with Crippen LogP contribution >= 0.6 is 0 Å². The number of carbonyl (C=O) groups excluding carboxylic acids is 1. The monoisotopic (exact) mass is 322 g/mol. The lowest BCUT2D eigenvalue weighted by molar-refractivity contribution is -0.118. The van der Waals surface area contributed by atoms with Crippen LogP contribution < -0.4 is 5.73 Å². The number of nitrogens with zero attached hydrogens (tertiary/aromatic N) is 3. The van der Waals surface area contributed by atoms with Gasteiger partial charge in [-0.15, -0.1) is 0 Å². The van der Waals surface area contributed by atoms with E-state index in [-0.39, 0.29) is 5.91 Å². The molecule has 2 heterocycles. The summed E-state index contributed by atoms with van der Waals surface area (Å²) in [6.45, 7) is 4.86. The fourth-order valence-corrected chi connectivity index (χ4v) is 3.78. The predicted octanol–water partition coefficient (Wildman–Crippen LogP) is 2.41. The van der Waals surface area contributed by atoms with E-state index < -0.39 is 0 Å². The van der Waals surface area contributed by atoms with Gasteiger partial charge in [-0.1, -0.05) is 19.1 Å². The van der Waals surface area contributed by atoms with Crippen LogP contribution in [-0.2, 0) is 4.79 Å². The molecule has 1 fully saturated rings. The van der Waals surface area contributed by atoms with Crippen LogP contribution in [0.15, 0.2) is 30.5 Å². The summed E-state index contributed by atoms with van der Waals surface area (Å²) in [4.78, 5) is 17.8. The molecule has 2 aromatic rings. The van der Waals surface area contributed by atoms with Gasteiger partial charge in [-0.05, 0) is 36.0 Å². The van der Waals surface area contributed by atoms with Crippen molar-refractivity contribution in [2.75, 3.05) is 19.6 Å². The molecule has 124 valence electrons. The standard InChI is InChI=1S/C19H22N4O/c1-13-9-15(12-23(11-13)8-6-18(21)24)16-5-4-14(10-20)19-17(16)3-2-7-22-19/h2-5,7,13,15H,6,8-9,11-12H2,1H3,(H2,21,24). The van der Waals surface area contributed by atoms with E-state index in [0.29, 0.717) is 30.4 Å². The summed E-state index contributed by atoms with van der Waals surface area (Å²) in [5.41, 5.74) is 7.93. The molecule has 2 N–H and O–H groups in total. The van der Waals surface area contributed by atoms with Crippen molar-refractivity contribution in [2.24, 2.45) is 11.7 Å². The molecule has 2 atom stereocenters. The van der Waals surface area contributed by atoms with Crippen molar-refractivity contribution < 1.29 is 4.79 Å². The fourth-order valence-electron chi connectivity index (χ4n) is 3.78. The van der Waals surface area contributed by atoms with E-state index in [2.05, 4.69) is 28.9 Å². The fraction of sp³-hybridized carbons (Fsp3) is 0.421. The third kappa shape index (κ3) is 3.39. The molecule has 1 amide bonds. The zero-order valence-electron chi connectivity index (χ0n) is 13.9. The molecule has 5 nitrogen and oxygen atoms in total. The van der Waals surface area contributed by atoms with Crippen molar-refractivity contribution in [3.05, 3.63) is 41.6 Å². The zero-order valence-corrected chi connectivity index (χ0v) is 13.9. The van der Waals surface area contributed by atoms with Gasteiger partial charge >= 0.3 is 0 Å². The van der Waals surface area contributed by atoms with Gasteiger partial charge < -0.3 is 10.6 Å². The zero-order chi connectivity index (χ0) is 17.1. The van der Waals surface area contributed by atoms with Crippen LogP contribution in [0.5, 0.6) is 0 Å². The highest BCUT2D eigenvalue weighted by Crippen LogP contribution is 2.34. The van der Waals surface area contributed by atoms with Crippen molar-refractivity contribution >= 4 is 16.8 Å². The average Bonchev–Trinajstić information content (AvgIpc) is 2.58. The first-order valence-corrected chi connectivity index (χ1v) is 8.37. The number of hydrogen-bond acceptors (Lipinski definition) is 4. The van der Waals surface area contributed by atoms with Gasteiger partial charge in [0, 0.05) is 37.6 Å². The Bertz CT molecular complexity index is 796. The molecule has 1 aromatic heterocycles. The molecule has 0 aliphatic carbocycles. The third-order valence-electron chi connectivity index (χ3n) is 4.77. The number of piperidine rings is 1. The van der Waals surface area contributed by atoms with Gasteiger partial charge in [0.05, 0.1) is 11.1 Å². The Morgan fingerprint density at radius 2 is 2.25 bits per heavy atom. The summed E-state index contributed by atoms with van der Waals surface area (Å²) in [5.74, 6) is 0.679. The van der Waals surface area contributed by atoms with Gasteiger partial charge in [0.15, 0.2) is 0 Å². The minimum atomic E-state index is -0.252. The van der Waals surface area contributed by atoms with Gasteiger partial charge in [-0.25, -0.2) is 0 Å². The Morgan fingerprint density at radius 1 is 1.42 bits per heavy atom. The highest BCUT2D eigenvalue weighted by molar-refractivity contribution is 5.87. The SMILES string of the molecule is CC1CC(c2ccc(C#N)c3ncccc23)CN(CCC(N)=O)C1. The summed E-state index contributed by atoms with van der Waals surface area (Å²) in [5, 5.41) is 10.4. The predicted molar refractivity (Wildman–Crippen MR) is 93.2 cm³/mol. The number of rotatable bonds is 4. The number of carbonyl (C=O) groups is 1. The van der Waals surface area contributed by atoms with E-state index in [4.69, 9.17) is 5.73 Å². The molecule has 24 heavy (non-hydrogen) atoms. The molecule has 3 rings (SSSR count). The Hall–Kier alpha value is -2.45. The number of benzene rings is 1. The van der Waals surface area contributed by atoms with E-state index in [9.17, 15) is 10.1 Å². The molecule has 2 unspecified atom stereocenters. The van der Waals surface area contributed by atoms with E-state index in [1.165, 1.54) is 5.56 Å². The minimum absolute atomic E-state index is 0.252. The second-order valence-electron chi connectivity index (χ2n) is 6.73. The summed E-state index contributed by atoms with van der Waals surface area (Å²) < 4.78 is 0. The molecule has 0 radical (unpaired) electrons. The van der Waals surface area contributed by atoms with Gasteiger partial charge in [0.1, 0.15) is 6.07 Å². The minimum Gasteiger partial charge on any atom is -0.370 e. The Kier molecular flexibility index (Phi) is 4.77. The number of amides is 1. The highest BCUT2D eigenvalue weighted by Gasteiger charge is 2.27. The van der Waals surface area contributed by atoms with E-state index in [1.54, 1.807) is 6.20 Å². The number of nitrogens with two attached hydrogens (primary N) is 1. The first kappa shape index (κ1) is 16.4. The van der Waals surface area contributed by atoms with E-state index >= 15 is 0 Å². The van der Waals surface area contributed by atoms with Crippen LogP contribution in [0.2, 0.25) is 0 Å². The Labute approximate surface area is 142 Å². The Morgan fingerprint density at radius 3 is 3.00 bits per heavy atom. The maximum atomic E-state index is 11.1. The summed E-state index contributed by atoms with van der Waals surface area (Å²) in [7, 11) is 0. The van der Waals surface area contributed by atoms with Crippen molar-refractivity contribution in [1.82, 2.24) is 9.88 Å². The summed E-state index contributed by atoms with van der Waals surface area (Å²) in [6, 6.07) is 10.1. The van der Waals surface area contributed by atoms with Crippen LogP contribution in [0.25, 0.3) is 10.9 Å². The lowest BCUT2D eigenvalue weighted by Gasteiger charge is -2.37. The van der Waals surface area contributed by atoms with Gasteiger partial charge in [-0.2, -0.15) is 5.26 Å². The van der Waals surface area contributed by atoms with Gasteiger partial charge in [0.25, 0.3) is 0 Å². The molecular weight excluding hydrogens is 300 g/mol. The van der Waals surface area contributed by atoms with Crippen LogP contribution in [0.4, 0.5) is 0 Å². The second-order valence-corrected chi connectivity index (χ2v) is 6.73.